The quantitative estimate of drug-likeness (QED) is 0.904. The summed E-state index contributed by atoms with van der Waals surface area (Å²) in [7, 11) is 0. The molecule has 1 aromatic heterocycles. The van der Waals surface area contributed by atoms with E-state index in [1.54, 1.807) is 10.6 Å². The van der Waals surface area contributed by atoms with Gasteiger partial charge in [0, 0.05) is 12.6 Å². The number of nitrogens with zero attached hydrogens (tertiary/aromatic N) is 2. The van der Waals surface area contributed by atoms with Crippen LogP contribution in [-0.4, -0.2) is 4.57 Å². The number of nitrogens with two attached hydrogens (primary N) is 1. The number of ether oxygens (including phenoxy) is 1. The van der Waals surface area contributed by atoms with Crippen LogP contribution in [0.5, 0.6) is 11.6 Å². The molecule has 0 saturated heterocycles. The average molecular weight is 245 g/mol. The van der Waals surface area contributed by atoms with Gasteiger partial charge in [-0.05, 0) is 31.2 Å². The Morgan fingerprint density at radius 1 is 1.39 bits per heavy atom. The summed E-state index contributed by atoms with van der Waals surface area (Å²) < 4.78 is 20.0. The van der Waals surface area contributed by atoms with Crippen molar-refractivity contribution < 1.29 is 9.13 Å². The van der Waals surface area contributed by atoms with Gasteiger partial charge in [0.15, 0.2) is 0 Å². The minimum atomic E-state index is -0.334. The molecule has 2 N–H and O–H groups in total. The number of rotatable bonds is 3. The van der Waals surface area contributed by atoms with Gasteiger partial charge in [0.2, 0.25) is 5.88 Å². The number of nitriles is 1. The predicted octanol–water partition coefficient (Wildman–Crippen LogP) is 2.89. The fourth-order valence-corrected chi connectivity index (χ4v) is 1.69. The Morgan fingerprint density at radius 3 is 2.61 bits per heavy atom. The van der Waals surface area contributed by atoms with E-state index in [9.17, 15) is 4.39 Å². The molecule has 0 unspecified atom stereocenters. The molecular formula is C13H12FN3O. The van der Waals surface area contributed by atoms with Gasteiger partial charge < -0.3 is 15.0 Å². The van der Waals surface area contributed by atoms with Gasteiger partial charge in [-0.3, -0.25) is 0 Å². The predicted molar refractivity (Wildman–Crippen MR) is 65.7 cm³/mol. The van der Waals surface area contributed by atoms with Gasteiger partial charge in [0.25, 0.3) is 0 Å². The van der Waals surface area contributed by atoms with Crippen molar-refractivity contribution >= 4 is 5.69 Å². The Morgan fingerprint density at radius 2 is 2.06 bits per heavy atom. The van der Waals surface area contributed by atoms with Crippen LogP contribution >= 0.6 is 0 Å². The summed E-state index contributed by atoms with van der Waals surface area (Å²) in [5, 5.41) is 8.96. The molecule has 0 amide bonds. The largest absolute Gasteiger partial charge is 0.439 e. The van der Waals surface area contributed by atoms with Crippen LogP contribution in [0, 0.1) is 17.1 Å². The van der Waals surface area contributed by atoms with Crippen LogP contribution < -0.4 is 10.5 Å². The summed E-state index contributed by atoms with van der Waals surface area (Å²) in [4.78, 5) is 0. The molecule has 0 bridgehead atoms. The Bertz CT molecular complexity index is 596. The Balaban J connectivity index is 2.37. The first-order valence-corrected chi connectivity index (χ1v) is 5.48. The molecule has 4 nitrogen and oxygen atoms in total. The molecule has 0 fully saturated rings. The number of hydrogen-bond acceptors (Lipinski definition) is 3. The third kappa shape index (κ3) is 2.13. The van der Waals surface area contributed by atoms with E-state index in [0.717, 1.165) is 0 Å². The van der Waals surface area contributed by atoms with Gasteiger partial charge >= 0.3 is 0 Å². The molecular weight excluding hydrogens is 233 g/mol. The monoisotopic (exact) mass is 245 g/mol. The summed E-state index contributed by atoms with van der Waals surface area (Å²) in [6.07, 6.45) is 0. The van der Waals surface area contributed by atoms with Crippen LogP contribution in [0.2, 0.25) is 0 Å². The fourth-order valence-electron chi connectivity index (χ4n) is 1.69. The summed E-state index contributed by atoms with van der Waals surface area (Å²) in [5.74, 6) is 0.542. The summed E-state index contributed by atoms with van der Waals surface area (Å²) in [5.41, 5.74) is 6.62. The minimum Gasteiger partial charge on any atom is -0.439 e. The maximum atomic E-state index is 12.8. The third-order valence-corrected chi connectivity index (χ3v) is 2.53. The molecule has 0 spiro atoms. The Hall–Kier alpha value is -2.48. The highest BCUT2D eigenvalue weighted by Gasteiger charge is 2.13. The zero-order valence-corrected chi connectivity index (χ0v) is 9.85. The summed E-state index contributed by atoms with van der Waals surface area (Å²) in [6.45, 7) is 2.45. The van der Waals surface area contributed by atoms with Crippen molar-refractivity contribution in [1.29, 1.82) is 5.26 Å². The molecule has 0 atom stereocenters. The average Bonchev–Trinajstić information content (AvgIpc) is 2.68. The molecule has 0 aliphatic carbocycles. The van der Waals surface area contributed by atoms with Gasteiger partial charge in [-0.2, -0.15) is 5.26 Å². The Labute approximate surface area is 104 Å². The van der Waals surface area contributed by atoms with Gasteiger partial charge in [0.05, 0.1) is 5.69 Å². The van der Waals surface area contributed by atoms with Crippen molar-refractivity contribution in [2.24, 2.45) is 0 Å². The van der Waals surface area contributed by atoms with Crippen molar-refractivity contribution in [3.63, 3.8) is 0 Å². The number of benzene rings is 1. The SMILES string of the molecule is CCn1c(C#N)cc(N)c1Oc1ccc(F)cc1. The molecule has 2 rings (SSSR count). The van der Waals surface area contributed by atoms with Gasteiger partial charge in [-0.1, -0.05) is 0 Å². The second-order valence-electron chi connectivity index (χ2n) is 3.70. The molecule has 0 aliphatic rings. The van der Waals surface area contributed by atoms with Crippen LogP contribution in [0.3, 0.4) is 0 Å². The highest BCUT2D eigenvalue weighted by atomic mass is 19.1. The maximum Gasteiger partial charge on any atom is 0.224 e. The van der Waals surface area contributed by atoms with Crippen molar-refractivity contribution in [2.75, 3.05) is 5.73 Å². The smallest absolute Gasteiger partial charge is 0.224 e. The van der Waals surface area contributed by atoms with Crippen molar-refractivity contribution in [2.45, 2.75) is 13.5 Å². The van der Waals surface area contributed by atoms with E-state index >= 15 is 0 Å². The first kappa shape index (κ1) is 12.0. The number of nitrogen functional groups attached to an aromatic ring is 1. The molecule has 1 heterocycles. The van der Waals surface area contributed by atoms with Crippen LogP contribution in [0.15, 0.2) is 30.3 Å². The lowest BCUT2D eigenvalue weighted by Crippen LogP contribution is -2.01. The van der Waals surface area contributed by atoms with Crippen LogP contribution in [-0.2, 0) is 6.54 Å². The van der Waals surface area contributed by atoms with Crippen molar-refractivity contribution in [3.8, 4) is 17.7 Å². The molecule has 92 valence electrons. The van der Waals surface area contributed by atoms with E-state index in [1.807, 2.05) is 13.0 Å². The lowest BCUT2D eigenvalue weighted by Gasteiger charge is -2.10. The normalized spacial score (nSPS) is 10.1. The lowest BCUT2D eigenvalue weighted by molar-refractivity contribution is 0.433. The van der Waals surface area contributed by atoms with Crippen molar-refractivity contribution in [1.82, 2.24) is 4.57 Å². The number of aromatic nitrogens is 1. The number of hydrogen-bond donors (Lipinski definition) is 1. The van der Waals surface area contributed by atoms with E-state index < -0.39 is 0 Å². The van der Waals surface area contributed by atoms with Crippen LogP contribution in [0.1, 0.15) is 12.6 Å². The second-order valence-corrected chi connectivity index (χ2v) is 3.70. The molecule has 1 aromatic carbocycles. The van der Waals surface area contributed by atoms with E-state index in [4.69, 9.17) is 15.7 Å². The van der Waals surface area contributed by atoms with Gasteiger partial charge in [-0.25, -0.2) is 4.39 Å². The maximum absolute atomic E-state index is 12.8. The van der Waals surface area contributed by atoms with Crippen molar-refractivity contribution in [3.05, 3.63) is 41.8 Å². The second kappa shape index (κ2) is 4.80. The fraction of sp³-hybridized carbons (Fsp3) is 0.154. The standard InChI is InChI=1S/C13H12FN3O/c1-2-17-10(8-15)7-12(16)13(17)18-11-5-3-9(14)4-6-11/h3-7H,2,16H2,1H3. The zero-order valence-electron chi connectivity index (χ0n) is 9.85. The molecule has 18 heavy (non-hydrogen) atoms. The zero-order chi connectivity index (χ0) is 13.1. The van der Waals surface area contributed by atoms with Crippen LogP contribution in [0.4, 0.5) is 10.1 Å². The molecule has 5 heteroatoms. The molecule has 0 aliphatic heterocycles. The minimum absolute atomic E-state index is 0.334. The van der Waals surface area contributed by atoms with Gasteiger partial charge in [-0.15, -0.1) is 0 Å². The number of halogens is 1. The Kier molecular flexibility index (Phi) is 3.20. The molecule has 2 aromatic rings. The highest BCUT2D eigenvalue weighted by molar-refractivity contribution is 5.56. The third-order valence-electron chi connectivity index (χ3n) is 2.53. The molecule has 0 saturated carbocycles. The molecule has 0 radical (unpaired) electrons. The van der Waals surface area contributed by atoms with E-state index in [1.165, 1.54) is 24.3 Å². The van der Waals surface area contributed by atoms with Crippen LogP contribution in [0.25, 0.3) is 0 Å². The highest BCUT2D eigenvalue weighted by Crippen LogP contribution is 2.30. The summed E-state index contributed by atoms with van der Waals surface area (Å²) >= 11 is 0. The number of anilines is 1. The van der Waals surface area contributed by atoms with Gasteiger partial charge in [0.1, 0.15) is 23.3 Å². The topological polar surface area (TPSA) is 64.0 Å². The summed E-state index contributed by atoms with van der Waals surface area (Å²) in [6, 6.07) is 9.22. The first-order chi connectivity index (χ1) is 8.65. The van der Waals surface area contributed by atoms with E-state index in [-0.39, 0.29) is 5.82 Å². The lowest BCUT2D eigenvalue weighted by atomic mass is 10.3. The van der Waals surface area contributed by atoms with E-state index in [2.05, 4.69) is 0 Å². The van der Waals surface area contributed by atoms with E-state index in [0.29, 0.717) is 29.6 Å². The first-order valence-electron chi connectivity index (χ1n) is 5.48.